The molecule has 0 bridgehead atoms. The summed E-state index contributed by atoms with van der Waals surface area (Å²) < 4.78 is 0. The molecule has 0 fully saturated rings. The molecule has 14 aromatic rings. The van der Waals surface area contributed by atoms with Gasteiger partial charge in [-0.25, -0.2) is 0 Å². The summed E-state index contributed by atoms with van der Waals surface area (Å²) in [5.74, 6) is 0.464. The zero-order valence-corrected chi connectivity index (χ0v) is 67.3. The third kappa shape index (κ3) is 13.2. The monoisotopic (exact) mass is 1500 g/mol. The number of anilines is 4. The molecular weight excluding hydrogens is 1410 g/mol. The Kier molecular flexibility index (Phi) is 18.7. The zero-order valence-electron chi connectivity index (χ0n) is 67.3. The van der Waals surface area contributed by atoms with E-state index in [1.54, 1.807) is 0 Å². The Bertz CT molecular complexity index is 6570. The maximum absolute atomic E-state index is 2.89. The fourth-order valence-corrected chi connectivity index (χ4v) is 20.5. The van der Waals surface area contributed by atoms with Crippen molar-refractivity contribution in [1.82, 2.24) is 0 Å². The van der Waals surface area contributed by atoms with Crippen LogP contribution in [0.15, 0.2) is 392 Å². The summed E-state index contributed by atoms with van der Waals surface area (Å²) in [6.07, 6.45) is 31.5. The second kappa shape index (κ2) is 30.4. The van der Waals surface area contributed by atoms with Gasteiger partial charge in [-0.05, 0) is 297 Å². The molecule has 2 heterocycles. The van der Waals surface area contributed by atoms with Crippen molar-refractivity contribution in [2.24, 2.45) is 0 Å². The molecule has 0 aromatic heterocycles. The van der Waals surface area contributed by atoms with E-state index in [0.29, 0.717) is 5.92 Å². The molecule has 0 spiro atoms. The lowest BCUT2D eigenvalue weighted by Crippen LogP contribution is -2.62. The highest BCUT2D eigenvalue weighted by atomic mass is 15.2. The first-order valence-electron chi connectivity index (χ1n) is 43.0. The average molecular weight is 1500 g/mol. The van der Waals surface area contributed by atoms with Gasteiger partial charge >= 0.3 is 0 Å². The number of nitrogens with zero attached hydrogens (tertiary/aromatic N) is 2. The first-order chi connectivity index (χ1) is 57.7. The highest BCUT2D eigenvalue weighted by molar-refractivity contribution is 7.00. The van der Waals surface area contributed by atoms with Crippen LogP contribution >= 0.6 is 0 Å². The SMILES string of the molecule is CC(C)(C)c1cc2c3c(c1)N(C1=C(c4cccc(-c5ccccc5)c4)CCC=C1c1cccc(-c4ccccc4)c1)c1cc(-c4ccc(-c5ccccc5)c5ccccc45)ccc1B3c1ccc(-c3ccc(-c4ccccc4)c4ccccc34)cc1N2C1=C(c2cccc(C3CC=CCC3)c2)CCC=C1C1=CC(C2=CCCCC2)=CCC1. The molecule has 117 heavy (non-hydrogen) atoms. The maximum Gasteiger partial charge on any atom is 0.252 e. The second-order valence-corrected chi connectivity index (χ2v) is 34.3. The topological polar surface area (TPSA) is 6.48 Å². The summed E-state index contributed by atoms with van der Waals surface area (Å²) in [6.45, 7) is 7.16. The average Bonchev–Trinajstić information content (AvgIpc) is 0.686. The number of hydrogen-bond acceptors (Lipinski definition) is 2. The van der Waals surface area contributed by atoms with Crippen molar-refractivity contribution in [1.29, 1.82) is 0 Å². The van der Waals surface area contributed by atoms with Crippen molar-refractivity contribution in [2.45, 2.75) is 116 Å². The van der Waals surface area contributed by atoms with E-state index in [1.165, 1.54) is 219 Å². The fraction of sp³-hybridized carbons (Fsp3) is 0.158. The van der Waals surface area contributed by atoms with Gasteiger partial charge in [0.15, 0.2) is 0 Å². The van der Waals surface area contributed by atoms with Crippen LogP contribution in [0.1, 0.15) is 138 Å². The number of benzene rings is 14. The van der Waals surface area contributed by atoms with Gasteiger partial charge in [-0.2, -0.15) is 0 Å². The van der Waals surface area contributed by atoms with Gasteiger partial charge in [-0.15, -0.1) is 0 Å². The minimum atomic E-state index is -0.317. The molecule has 564 valence electrons. The molecule has 3 heteroatoms. The number of allylic oxidation sites excluding steroid dienone is 13. The molecule has 1 unspecified atom stereocenters. The molecule has 7 aliphatic rings. The Morgan fingerprint density at radius 3 is 1.30 bits per heavy atom. The number of fused-ring (bicyclic) bond motifs is 6. The Morgan fingerprint density at radius 2 is 0.778 bits per heavy atom. The molecule has 14 aromatic carbocycles. The van der Waals surface area contributed by atoms with E-state index in [1.807, 2.05) is 0 Å². The summed E-state index contributed by atoms with van der Waals surface area (Å²) in [5, 5.41) is 4.97. The van der Waals surface area contributed by atoms with Crippen LogP contribution in [0.3, 0.4) is 0 Å². The number of hydrogen-bond donors (Lipinski definition) is 0. The molecule has 0 saturated heterocycles. The minimum Gasteiger partial charge on any atom is -0.311 e. The van der Waals surface area contributed by atoms with Crippen molar-refractivity contribution < 1.29 is 0 Å². The molecule has 1 atom stereocenters. The molecule has 0 saturated carbocycles. The van der Waals surface area contributed by atoms with Gasteiger partial charge in [0, 0.05) is 28.3 Å². The quantitative estimate of drug-likeness (QED) is 0.0791. The molecule has 0 radical (unpaired) electrons. The summed E-state index contributed by atoms with van der Waals surface area (Å²) in [4.78, 5) is 5.72. The Labute approximate surface area is 691 Å². The third-order valence-corrected chi connectivity index (χ3v) is 26.3. The van der Waals surface area contributed by atoms with Gasteiger partial charge in [0.05, 0.1) is 11.4 Å². The van der Waals surface area contributed by atoms with Gasteiger partial charge in [0.25, 0.3) is 6.71 Å². The second-order valence-electron chi connectivity index (χ2n) is 34.3. The normalized spacial score (nSPS) is 16.6. The Balaban J connectivity index is 0.889. The summed E-state index contributed by atoms with van der Waals surface area (Å²) in [7, 11) is 0. The van der Waals surface area contributed by atoms with Crippen LogP contribution < -0.4 is 26.2 Å². The van der Waals surface area contributed by atoms with E-state index in [9.17, 15) is 0 Å². The summed E-state index contributed by atoms with van der Waals surface area (Å²) in [6, 6.07) is 121. The highest BCUT2D eigenvalue weighted by Crippen LogP contribution is 2.55. The van der Waals surface area contributed by atoms with Gasteiger partial charge in [0.2, 0.25) is 0 Å². The van der Waals surface area contributed by atoms with E-state index in [0.717, 1.165) is 70.6 Å². The van der Waals surface area contributed by atoms with Crippen LogP contribution in [0.5, 0.6) is 0 Å². The predicted octanol–water partition coefficient (Wildman–Crippen LogP) is 29.1. The van der Waals surface area contributed by atoms with E-state index in [4.69, 9.17) is 0 Å². The maximum atomic E-state index is 2.89. The Hall–Kier alpha value is -12.8. The first kappa shape index (κ1) is 71.9. The lowest BCUT2D eigenvalue weighted by molar-refractivity contribution is 0.590. The van der Waals surface area contributed by atoms with Crippen molar-refractivity contribution in [2.75, 3.05) is 9.80 Å². The minimum absolute atomic E-state index is 0.202. The summed E-state index contributed by atoms with van der Waals surface area (Å²) in [5.41, 5.74) is 41.8. The molecule has 21 rings (SSSR count). The summed E-state index contributed by atoms with van der Waals surface area (Å²) >= 11 is 0. The van der Waals surface area contributed by atoms with Gasteiger partial charge in [-0.1, -0.05) is 342 Å². The van der Waals surface area contributed by atoms with Crippen LogP contribution in [0.25, 0.3) is 105 Å². The van der Waals surface area contributed by atoms with E-state index >= 15 is 0 Å². The van der Waals surface area contributed by atoms with E-state index in [-0.39, 0.29) is 12.1 Å². The van der Waals surface area contributed by atoms with Crippen molar-refractivity contribution >= 4 is 84.1 Å². The standard InChI is InChI=1S/C114H95BN2/c1-114(2,3)92-74-109-111-110(75-92)117(113-99(88-50-28-46-84(70-88)78-36-14-6-15-37-78)58-31-59-100(113)89-51-29-47-85(71-89)79-38-16-7-17-39-79)108-73-91(96-65-63-94(81-42-20-9-21-43-81)102-53-23-25-55-104(96)102)61-67-106(108)115(111)105-66-60-90(95-64-62-93(80-40-18-8-19-41-80)101-52-22-24-54-103(95)101)72-107(105)116(109)112-97(86-48-26-44-82(68-86)76-32-10-4-11-33-76)56-30-57-98(112)87-49-27-45-83(69-87)77-34-12-5-13-35-77/h4-6,8-14,18-28,32-35,38,40-50,52-56,59-75,78H,7,15-17,29-31,36-37,39,51,57-58H2,1-3H3. The first-order valence-corrected chi connectivity index (χ1v) is 43.0. The lowest BCUT2D eigenvalue weighted by atomic mass is 9.33. The fourth-order valence-electron chi connectivity index (χ4n) is 20.5. The van der Waals surface area contributed by atoms with Crippen LogP contribution in [-0.2, 0) is 5.41 Å². The van der Waals surface area contributed by atoms with Crippen molar-refractivity contribution in [3.63, 3.8) is 0 Å². The molecule has 0 amide bonds. The van der Waals surface area contributed by atoms with Gasteiger partial charge in [-0.3, -0.25) is 0 Å². The smallest absolute Gasteiger partial charge is 0.252 e. The molecule has 2 aliphatic heterocycles. The third-order valence-electron chi connectivity index (χ3n) is 26.3. The van der Waals surface area contributed by atoms with Crippen molar-refractivity contribution in [3.8, 4) is 66.8 Å². The van der Waals surface area contributed by atoms with E-state index < -0.39 is 0 Å². The number of rotatable bonds is 14. The molecule has 5 aliphatic carbocycles. The Morgan fingerprint density at radius 1 is 0.316 bits per heavy atom. The van der Waals surface area contributed by atoms with Gasteiger partial charge < -0.3 is 9.80 Å². The van der Waals surface area contributed by atoms with Crippen LogP contribution in [0.2, 0.25) is 0 Å². The van der Waals surface area contributed by atoms with E-state index in [2.05, 4.69) is 389 Å². The molecule has 2 nitrogen and oxygen atoms in total. The van der Waals surface area contributed by atoms with Crippen LogP contribution in [-0.4, -0.2) is 6.71 Å². The largest absolute Gasteiger partial charge is 0.311 e. The van der Waals surface area contributed by atoms with Gasteiger partial charge in [0.1, 0.15) is 0 Å². The highest BCUT2D eigenvalue weighted by Gasteiger charge is 2.47. The van der Waals surface area contributed by atoms with Crippen LogP contribution in [0.4, 0.5) is 22.7 Å². The van der Waals surface area contributed by atoms with Crippen LogP contribution in [0, 0.1) is 0 Å². The molecular formula is C114H95BN2. The molecule has 0 N–H and O–H groups in total. The van der Waals surface area contributed by atoms with Crippen molar-refractivity contribution in [3.05, 3.63) is 419 Å². The lowest BCUT2D eigenvalue weighted by Gasteiger charge is -2.48. The predicted molar refractivity (Wildman–Crippen MR) is 500 cm³/mol. The zero-order chi connectivity index (χ0) is 78.1.